The number of benzene rings is 1. The van der Waals surface area contributed by atoms with Crippen molar-refractivity contribution in [3.05, 3.63) is 23.8 Å². The summed E-state index contributed by atoms with van der Waals surface area (Å²) in [6.07, 6.45) is 6.26. The maximum atomic E-state index is 13.2. The van der Waals surface area contributed by atoms with Crippen molar-refractivity contribution in [2.24, 2.45) is 17.8 Å². The van der Waals surface area contributed by atoms with Gasteiger partial charge in [0.05, 0.1) is 16.9 Å². The third-order valence-corrected chi connectivity index (χ3v) is 6.92. The molecule has 0 unspecified atom stereocenters. The zero-order valence-electron chi connectivity index (χ0n) is 16.2. The van der Waals surface area contributed by atoms with Crippen LogP contribution in [0.5, 0.6) is 0 Å². The van der Waals surface area contributed by atoms with E-state index in [4.69, 9.17) is 0 Å². The van der Waals surface area contributed by atoms with Crippen LogP contribution in [0, 0.1) is 17.8 Å². The van der Waals surface area contributed by atoms with Gasteiger partial charge in [0.25, 0.3) is 0 Å². The molecule has 1 aromatic rings. The fraction of sp³-hybridized carbons (Fsp3) is 0.682. The van der Waals surface area contributed by atoms with Gasteiger partial charge in [0.15, 0.2) is 0 Å². The quantitative estimate of drug-likeness (QED) is 0.623. The molecule has 28 heavy (non-hydrogen) atoms. The van der Waals surface area contributed by atoms with Crippen LogP contribution < -0.4 is 10.6 Å². The molecule has 3 saturated carbocycles. The van der Waals surface area contributed by atoms with E-state index < -0.39 is 11.7 Å². The van der Waals surface area contributed by atoms with Gasteiger partial charge in [-0.05, 0) is 68.1 Å². The largest absolute Gasteiger partial charge is 0.416 e. The lowest BCUT2D eigenvalue weighted by atomic mass is 9.86. The molecule has 3 atom stereocenters. The fourth-order valence-electron chi connectivity index (χ4n) is 5.48. The minimum absolute atomic E-state index is 0.163. The average molecular weight is 394 g/mol. The monoisotopic (exact) mass is 394 g/mol. The lowest BCUT2D eigenvalue weighted by Crippen LogP contribution is -2.25. The molecule has 0 aromatic heterocycles. The SMILES string of the molecule is O=C(C[C@H]1C[C@H]2CC[C@H]1C2)Nc1cc(C(F)(F)F)ccc1NC1CCCCC1. The molecule has 154 valence electrons. The first-order chi connectivity index (χ1) is 13.4. The minimum Gasteiger partial charge on any atom is -0.381 e. The van der Waals surface area contributed by atoms with Crippen molar-refractivity contribution in [3.8, 4) is 0 Å². The predicted molar refractivity (Wildman–Crippen MR) is 104 cm³/mol. The van der Waals surface area contributed by atoms with E-state index in [2.05, 4.69) is 10.6 Å². The van der Waals surface area contributed by atoms with Gasteiger partial charge in [0.2, 0.25) is 5.91 Å². The molecule has 3 aliphatic rings. The van der Waals surface area contributed by atoms with Gasteiger partial charge in [-0.25, -0.2) is 0 Å². The van der Waals surface area contributed by atoms with E-state index in [0.717, 1.165) is 50.2 Å². The Kier molecular flexibility index (Phi) is 5.57. The van der Waals surface area contributed by atoms with Crippen molar-refractivity contribution in [3.63, 3.8) is 0 Å². The lowest BCUT2D eigenvalue weighted by molar-refractivity contribution is -0.137. The Bertz CT molecular complexity index is 712. The predicted octanol–water partition coefficient (Wildman–Crippen LogP) is 6.21. The molecule has 0 spiro atoms. The first kappa shape index (κ1) is 19.6. The molecule has 3 nitrogen and oxygen atoms in total. The van der Waals surface area contributed by atoms with Gasteiger partial charge in [0, 0.05) is 12.5 Å². The molecular weight excluding hydrogens is 365 g/mol. The zero-order valence-corrected chi connectivity index (χ0v) is 16.2. The number of hydrogen-bond donors (Lipinski definition) is 2. The molecule has 2 N–H and O–H groups in total. The highest BCUT2D eigenvalue weighted by Crippen LogP contribution is 2.49. The molecule has 0 heterocycles. The maximum Gasteiger partial charge on any atom is 0.416 e. The first-order valence-corrected chi connectivity index (χ1v) is 10.7. The highest BCUT2D eigenvalue weighted by molar-refractivity contribution is 5.94. The van der Waals surface area contributed by atoms with Gasteiger partial charge in [-0.1, -0.05) is 25.7 Å². The van der Waals surface area contributed by atoms with Crippen molar-refractivity contribution in [1.82, 2.24) is 0 Å². The number of fused-ring (bicyclic) bond motifs is 2. The Balaban J connectivity index is 1.47. The minimum atomic E-state index is -4.42. The van der Waals surface area contributed by atoms with Crippen LogP contribution in [-0.4, -0.2) is 11.9 Å². The summed E-state index contributed by atoms with van der Waals surface area (Å²) < 4.78 is 39.6. The van der Waals surface area contributed by atoms with E-state index in [-0.39, 0.29) is 17.6 Å². The summed E-state index contributed by atoms with van der Waals surface area (Å²) in [5, 5.41) is 6.17. The standard InChI is InChI=1S/C22H29F3N2O/c23-22(24,25)17-8-9-19(26-18-4-2-1-3-5-18)20(13-17)27-21(28)12-16-11-14-6-7-15(16)10-14/h8-9,13-16,18,26H,1-7,10-12H2,(H,27,28)/t14-,15-,16+/m0/s1. The summed E-state index contributed by atoms with van der Waals surface area (Å²) in [5.74, 6) is 1.60. The summed E-state index contributed by atoms with van der Waals surface area (Å²) in [7, 11) is 0. The molecule has 1 amide bonds. The summed E-state index contributed by atoms with van der Waals surface area (Å²) in [6.45, 7) is 0. The third kappa shape index (κ3) is 4.47. The van der Waals surface area contributed by atoms with Crippen LogP contribution >= 0.6 is 0 Å². The normalized spacial score (nSPS) is 27.8. The Hall–Kier alpha value is -1.72. The van der Waals surface area contributed by atoms with Crippen LogP contribution in [0.2, 0.25) is 0 Å². The van der Waals surface area contributed by atoms with Crippen molar-refractivity contribution >= 4 is 17.3 Å². The highest BCUT2D eigenvalue weighted by atomic mass is 19.4. The van der Waals surface area contributed by atoms with Gasteiger partial charge >= 0.3 is 6.18 Å². The van der Waals surface area contributed by atoms with Crippen molar-refractivity contribution in [2.75, 3.05) is 10.6 Å². The van der Waals surface area contributed by atoms with Gasteiger partial charge in [-0.15, -0.1) is 0 Å². The molecular formula is C22H29F3N2O. The van der Waals surface area contributed by atoms with E-state index in [1.54, 1.807) is 0 Å². The topological polar surface area (TPSA) is 41.1 Å². The van der Waals surface area contributed by atoms with Gasteiger partial charge in [-0.3, -0.25) is 4.79 Å². The van der Waals surface area contributed by atoms with E-state index in [0.29, 0.717) is 23.9 Å². The number of rotatable bonds is 5. The number of amides is 1. The van der Waals surface area contributed by atoms with Crippen molar-refractivity contribution in [2.45, 2.75) is 76.4 Å². The molecule has 0 aliphatic heterocycles. The first-order valence-electron chi connectivity index (χ1n) is 10.7. The molecule has 3 aliphatic carbocycles. The molecule has 2 bridgehead atoms. The molecule has 0 radical (unpaired) electrons. The zero-order chi connectivity index (χ0) is 19.7. The number of anilines is 2. The van der Waals surface area contributed by atoms with Gasteiger partial charge < -0.3 is 10.6 Å². The summed E-state index contributed by atoms with van der Waals surface area (Å²) in [5.41, 5.74) is 0.131. The van der Waals surface area contributed by atoms with E-state index >= 15 is 0 Å². The summed E-state index contributed by atoms with van der Waals surface area (Å²) >= 11 is 0. The smallest absolute Gasteiger partial charge is 0.381 e. The van der Waals surface area contributed by atoms with Crippen LogP contribution in [0.1, 0.15) is 69.8 Å². The van der Waals surface area contributed by atoms with Crippen LogP contribution in [0.3, 0.4) is 0 Å². The molecule has 6 heteroatoms. The van der Waals surface area contributed by atoms with Crippen LogP contribution in [0.4, 0.5) is 24.5 Å². The van der Waals surface area contributed by atoms with E-state index in [9.17, 15) is 18.0 Å². The second-order valence-electron chi connectivity index (χ2n) is 8.92. The average Bonchev–Trinajstić information content (AvgIpc) is 3.26. The summed E-state index contributed by atoms with van der Waals surface area (Å²) in [6, 6.07) is 3.89. The van der Waals surface area contributed by atoms with Crippen molar-refractivity contribution < 1.29 is 18.0 Å². The summed E-state index contributed by atoms with van der Waals surface area (Å²) in [4.78, 5) is 12.6. The Morgan fingerprint density at radius 2 is 1.79 bits per heavy atom. The number of carbonyl (C=O) groups excluding carboxylic acids is 1. The van der Waals surface area contributed by atoms with E-state index in [1.807, 2.05) is 0 Å². The number of alkyl halides is 3. The molecule has 1 aromatic carbocycles. The van der Waals surface area contributed by atoms with Crippen LogP contribution in [-0.2, 0) is 11.0 Å². The molecule has 0 saturated heterocycles. The van der Waals surface area contributed by atoms with Crippen molar-refractivity contribution in [1.29, 1.82) is 0 Å². The second-order valence-corrected chi connectivity index (χ2v) is 8.92. The third-order valence-electron chi connectivity index (χ3n) is 6.92. The number of carbonyl (C=O) groups is 1. The second kappa shape index (κ2) is 7.96. The molecule has 3 fully saturated rings. The van der Waals surface area contributed by atoms with Gasteiger partial charge in [-0.2, -0.15) is 13.2 Å². The van der Waals surface area contributed by atoms with Crippen LogP contribution in [0.15, 0.2) is 18.2 Å². The molecule has 4 rings (SSSR count). The maximum absolute atomic E-state index is 13.2. The lowest BCUT2D eigenvalue weighted by Gasteiger charge is -2.26. The highest BCUT2D eigenvalue weighted by Gasteiger charge is 2.40. The Labute approximate surface area is 164 Å². The van der Waals surface area contributed by atoms with Gasteiger partial charge in [0.1, 0.15) is 0 Å². The fourth-order valence-corrected chi connectivity index (χ4v) is 5.48. The number of nitrogens with one attached hydrogen (secondary N) is 2. The Morgan fingerprint density at radius 1 is 1.00 bits per heavy atom. The Morgan fingerprint density at radius 3 is 2.43 bits per heavy atom. The van der Waals surface area contributed by atoms with E-state index in [1.165, 1.54) is 31.7 Å². The van der Waals surface area contributed by atoms with Crippen LogP contribution in [0.25, 0.3) is 0 Å². The number of hydrogen-bond acceptors (Lipinski definition) is 2. The number of halogens is 3.